The molecule has 0 spiro atoms. The van der Waals surface area contributed by atoms with Crippen LogP contribution in [0.15, 0.2) is 36.4 Å². The molecule has 0 atom stereocenters. The molecule has 0 amide bonds. The van der Waals surface area contributed by atoms with Crippen LogP contribution in [0, 0.1) is 0 Å². The first kappa shape index (κ1) is 36.1. The lowest BCUT2D eigenvalue weighted by Crippen LogP contribution is -2.15. The van der Waals surface area contributed by atoms with Gasteiger partial charge in [0.25, 0.3) is 0 Å². The first-order chi connectivity index (χ1) is 20.8. The van der Waals surface area contributed by atoms with Gasteiger partial charge in [0.2, 0.25) is 0 Å². The second kappa shape index (κ2) is 26.5. The summed E-state index contributed by atoms with van der Waals surface area (Å²) in [5.74, 6) is 1.30. The highest BCUT2D eigenvalue weighted by Crippen LogP contribution is 2.32. The number of hydrogen-bond donors (Lipinski definition) is 2. The predicted molar refractivity (Wildman–Crippen MR) is 156 cm³/mol. The molecule has 12 nitrogen and oxygen atoms in total. The van der Waals surface area contributed by atoms with Gasteiger partial charge in [-0.25, -0.2) is 0 Å². The summed E-state index contributed by atoms with van der Waals surface area (Å²) in [6.07, 6.45) is 0. The third kappa shape index (κ3) is 18.4. The SMILES string of the molecule is OCCOCCOCCOCCOCCOc1cc2ccccc2cc1OCCOCCOCCOCCOCCO. The summed E-state index contributed by atoms with van der Waals surface area (Å²) in [6, 6.07) is 12.0. The van der Waals surface area contributed by atoms with Crippen LogP contribution in [0.25, 0.3) is 10.8 Å². The second-order valence-electron chi connectivity index (χ2n) is 8.69. The zero-order chi connectivity index (χ0) is 29.8. The molecule has 2 rings (SSSR count). The molecule has 0 saturated heterocycles. The number of hydrogen-bond acceptors (Lipinski definition) is 12. The molecule has 42 heavy (non-hydrogen) atoms. The van der Waals surface area contributed by atoms with Crippen LogP contribution < -0.4 is 9.47 Å². The van der Waals surface area contributed by atoms with Crippen LogP contribution in [-0.4, -0.2) is 142 Å². The number of ether oxygens (including phenoxy) is 10. The molecule has 0 bridgehead atoms. The van der Waals surface area contributed by atoms with E-state index in [1.807, 2.05) is 36.4 Å². The van der Waals surface area contributed by atoms with Crippen LogP contribution in [0.5, 0.6) is 11.5 Å². The van der Waals surface area contributed by atoms with Gasteiger partial charge in [0, 0.05) is 0 Å². The Balaban J connectivity index is 1.54. The molecule has 0 aliphatic carbocycles. The average Bonchev–Trinajstić information content (AvgIpc) is 3.01. The smallest absolute Gasteiger partial charge is 0.161 e. The van der Waals surface area contributed by atoms with Gasteiger partial charge in [-0.3, -0.25) is 0 Å². The Bertz CT molecular complexity index is 814. The van der Waals surface area contributed by atoms with Crippen molar-refractivity contribution >= 4 is 10.8 Å². The van der Waals surface area contributed by atoms with Crippen LogP contribution in [0.3, 0.4) is 0 Å². The maximum absolute atomic E-state index is 8.63. The van der Waals surface area contributed by atoms with Gasteiger partial charge in [0.15, 0.2) is 11.5 Å². The highest BCUT2D eigenvalue weighted by molar-refractivity contribution is 5.86. The summed E-state index contributed by atoms with van der Waals surface area (Å²) < 4.78 is 55.1. The highest BCUT2D eigenvalue weighted by Gasteiger charge is 2.08. The molecule has 0 unspecified atom stereocenters. The summed E-state index contributed by atoms with van der Waals surface area (Å²) in [5.41, 5.74) is 0. The first-order valence-corrected chi connectivity index (χ1v) is 14.5. The average molecular weight is 601 g/mol. The van der Waals surface area contributed by atoms with Gasteiger partial charge in [-0.1, -0.05) is 24.3 Å². The molecule has 0 aliphatic rings. The van der Waals surface area contributed by atoms with Crippen molar-refractivity contribution < 1.29 is 57.6 Å². The van der Waals surface area contributed by atoms with Gasteiger partial charge >= 0.3 is 0 Å². The van der Waals surface area contributed by atoms with Crippen molar-refractivity contribution in [3.8, 4) is 11.5 Å². The van der Waals surface area contributed by atoms with E-state index in [0.717, 1.165) is 10.8 Å². The topological polar surface area (TPSA) is 133 Å². The van der Waals surface area contributed by atoms with Gasteiger partial charge < -0.3 is 57.6 Å². The fourth-order valence-corrected chi connectivity index (χ4v) is 3.50. The minimum Gasteiger partial charge on any atom is -0.487 e. The maximum atomic E-state index is 8.63. The summed E-state index contributed by atoms with van der Waals surface area (Å²) in [5, 5.41) is 19.4. The van der Waals surface area contributed by atoms with Crippen LogP contribution >= 0.6 is 0 Å². The lowest BCUT2D eigenvalue weighted by atomic mass is 10.1. The highest BCUT2D eigenvalue weighted by atomic mass is 16.6. The Morgan fingerprint density at radius 1 is 0.357 bits per heavy atom. The zero-order valence-corrected chi connectivity index (χ0v) is 24.6. The third-order valence-corrected chi connectivity index (χ3v) is 5.49. The third-order valence-electron chi connectivity index (χ3n) is 5.49. The fraction of sp³-hybridized carbons (Fsp3) is 0.667. The summed E-state index contributed by atoms with van der Waals surface area (Å²) >= 11 is 0. The monoisotopic (exact) mass is 600 g/mol. The van der Waals surface area contributed by atoms with E-state index in [0.29, 0.717) is 130 Å². The van der Waals surface area contributed by atoms with Crippen molar-refractivity contribution in [3.63, 3.8) is 0 Å². The van der Waals surface area contributed by atoms with Crippen molar-refractivity contribution in [2.75, 3.05) is 132 Å². The molecular formula is C30H48O12. The Kier molecular flexibility index (Phi) is 22.8. The Morgan fingerprint density at radius 2 is 0.619 bits per heavy atom. The predicted octanol–water partition coefficient (Wildman–Crippen LogP) is 1.71. The number of fused-ring (bicyclic) bond motifs is 1. The molecule has 0 radical (unpaired) electrons. The summed E-state index contributed by atoms with van der Waals surface area (Å²) in [6.45, 7) is 7.89. The number of rotatable bonds is 30. The van der Waals surface area contributed by atoms with Crippen molar-refractivity contribution in [1.82, 2.24) is 0 Å². The van der Waals surface area contributed by atoms with Crippen molar-refractivity contribution in [2.24, 2.45) is 0 Å². The van der Waals surface area contributed by atoms with E-state index in [-0.39, 0.29) is 13.2 Å². The summed E-state index contributed by atoms with van der Waals surface area (Å²) in [4.78, 5) is 0. The lowest BCUT2D eigenvalue weighted by Gasteiger charge is -2.15. The quantitative estimate of drug-likeness (QED) is 0.127. The van der Waals surface area contributed by atoms with E-state index < -0.39 is 0 Å². The van der Waals surface area contributed by atoms with Crippen LogP contribution in [-0.2, 0) is 37.9 Å². The van der Waals surface area contributed by atoms with E-state index in [4.69, 9.17) is 57.6 Å². The molecule has 0 fully saturated rings. The van der Waals surface area contributed by atoms with Crippen LogP contribution in [0.2, 0.25) is 0 Å². The Morgan fingerprint density at radius 3 is 0.905 bits per heavy atom. The van der Waals surface area contributed by atoms with Crippen molar-refractivity contribution in [1.29, 1.82) is 0 Å². The van der Waals surface area contributed by atoms with Gasteiger partial charge in [-0.15, -0.1) is 0 Å². The molecule has 2 aromatic rings. The van der Waals surface area contributed by atoms with E-state index in [1.54, 1.807) is 0 Å². The molecule has 0 heterocycles. The van der Waals surface area contributed by atoms with E-state index in [2.05, 4.69) is 0 Å². The molecule has 0 aromatic heterocycles. The van der Waals surface area contributed by atoms with Crippen LogP contribution in [0.1, 0.15) is 0 Å². The molecule has 2 N–H and O–H groups in total. The fourth-order valence-electron chi connectivity index (χ4n) is 3.50. The second-order valence-corrected chi connectivity index (χ2v) is 8.69. The standard InChI is InChI=1S/C30H48O12/c31-5-7-33-9-11-35-13-15-37-17-19-39-21-23-41-29-25-27-3-1-2-4-28(27)26-30(29)42-24-22-40-20-18-38-16-14-36-12-10-34-8-6-32/h1-4,25-26,31-32H,5-24H2. The number of aliphatic hydroxyl groups excluding tert-OH is 2. The minimum atomic E-state index is 0.0160. The molecule has 0 aliphatic heterocycles. The molecule has 2 aromatic carbocycles. The molecule has 240 valence electrons. The molecule has 12 heteroatoms. The number of benzene rings is 2. The van der Waals surface area contributed by atoms with Gasteiger partial charge in [0.05, 0.1) is 119 Å². The summed E-state index contributed by atoms with van der Waals surface area (Å²) in [7, 11) is 0. The minimum absolute atomic E-state index is 0.0160. The lowest BCUT2D eigenvalue weighted by molar-refractivity contribution is -0.00848. The van der Waals surface area contributed by atoms with Gasteiger partial charge in [0.1, 0.15) is 13.2 Å². The van der Waals surface area contributed by atoms with Crippen molar-refractivity contribution in [3.05, 3.63) is 36.4 Å². The first-order valence-electron chi connectivity index (χ1n) is 14.5. The van der Waals surface area contributed by atoms with E-state index in [9.17, 15) is 0 Å². The normalized spacial score (nSPS) is 11.4. The Hall–Kier alpha value is -2.10. The molecule has 0 saturated carbocycles. The maximum Gasteiger partial charge on any atom is 0.161 e. The molecular weight excluding hydrogens is 552 g/mol. The van der Waals surface area contributed by atoms with Crippen LogP contribution in [0.4, 0.5) is 0 Å². The van der Waals surface area contributed by atoms with E-state index in [1.165, 1.54) is 0 Å². The van der Waals surface area contributed by atoms with Gasteiger partial charge in [-0.05, 0) is 22.9 Å². The largest absolute Gasteiger partial charge is 0.487 e. The van der Waals surface area contributed by atoms with Crippen molar-refractivity contribution in [2.45, 2.75) is 0 Å². The number of aliphatic hydroxyl groups is 2. The zero-order valence-electron chi connectivity index (χ0n) is 24.6. The van der Waals surface area contributed by atoms with E-state index >= 15 is 0 Å². The van der Waals surface area contributed by atoms with Gasteiger partial charge in [-0.2, -0.15) is 0 Å². The Labute approximate surface area is 248 Å².